The number of hydrogen-bond donors (Lipinski definition) is 1. The van der Waals surface area contributed by atoms with Gasteiger partial charge in [0.25, 0.3) is 5.91 Å². The van der Waals surface area contributed by atoms with Crippen molar-refractivity contribution in [2.75, 3.05) is 20.7 Å². The first-order chi connectivity index (χ1) is 11.8. The summed E-state index contributed by atoms with van der Waals surface area (Å²) in [6, 6.07) is 6.95. The molecule has 0 saturated heterocycles. The summed E-state index contributed by atoms with van der Waals surface area (Å²) >= 11 is 0. The maximum atomic E-state index is 13.1. The first kappa shape index (κ1) is 17.3. The topological polar surface area (TPSA) is 61.9 Å². The van der Waals surface area contributed by atoms with Crippen molar-refractivity contribution >= 4 is 11.9 Å². The number of likely N-dealkylation sites (N-methyl/N-ethyl adjacent to an activating group) is 1. The Bertz CT molecular complexity index is 724. The van der Waals surface area contributed by atoms with Crippen molar-refractivity contribution in [3.8, 4) is 5.75 Å². The smallest absolute Gasteiger partial charge is 0.322 e. The van der Waals surface area contributed by atoms with Gasteiger partial charge in [0.2, 0.25) is 0 Å². The zero-order valence-corrected chi connectivity index (χ0v) is 15.4. The van der Waals surface area contributed by atoms with Crippen LogP contribution in [0.5, 0.6) is 5.75 Å². The summed E-state index contributed by atoms with van der Waals surface area (Å²) in [6.45, 7) is 6.73. The lowest BCUT2D eigenvalue weighted by molar-refractivity contribution is -0.128. The fraction of sp³-hybridized carbons (Fsp3) is 0.474. The van der Waals surface area contributed by atoms with Gasteiger partial charge >= 0.3 is 6.03 Å². The van der Waals surface area contributed by atoms with E-state index in [4.69, 9.17) is 4.74 Å². The van der Waals surface area contributed by atoms with Crippen LogP contribution in [0.1, 0.15) is 32.4 Å². The van der Waals surface area contributed by atoms with Gasteiger partial charge in [0, 0.05) is 13.1 Å². The van der Waals surface area contributed by atoms with Gasteiger partial charge in [-0.25, -0.2) is 4.79 Å². The number of hydrogen-bond acceptors (Lipinski definition) is 3. The number of methoxy groups -OCH3 is 1. The molecule has 0 spiro atoms. The van der Waals surface area contributed by atoms with Crippen LogP contribution in [-0.2, 0) is 4.79 Å². The second-order valence-corrected chi connectivity index (χ2v) is 6.99. The Hall–Kier alpha value is -2.50. The first-order valence-corrected chi connectivity index (χ1v) is 8.57. The fourth-order valence-corrected chi connectivity index (χ4v) is 3.32. The standard InChI is InChI=1S/C19H25N3O3/c1-11(2)12(3)22-10-15-16(18(22)23)17(20-19(24)21(15)4)13-6-8-14(25-5)9-7-13/h6-9,11-12,17H,10H2,1-5H3,(H,20,24)/t12-,17+/m1/s1. The molecule has 1 aromatic carbocycles. The number of carbonyl (C=O) groups excluding carboxylic acids is 2. The molecule has 0 unspecified atom stereocenters. The molecule has 0 fully saturated rings. The molecular formula is C19H25N3O3. The second-order valence-electron chi connectivity index (χ2n) is 6.99. The van der Waals surface area contributed by atoms with Crippen LogP contribution in [-0.4, -0.2) is 48.5 Å². The van der Waals surface area contributed by atoms with Crippen molar-refractivity contribution in [1.82, 2.24) is 15.1 Å². The molecule has 3 rings (SSSR count). The molecule has 0 aliphatic carbocycles. The molecule has 134 valence electrons. The molecule has 6 nitrogen and oxygen atoms in total. The highest BCUT2D eigenvalue weighted by molar-refractivity contribution is 6.01. The van der Waals surface area contributed by atoms with E-state index in [1.165, 1.54) is 0 Å². The number of urea groups is 1. The number of benzene rings is 1. The van der Waals surface area contributed by atoms with Gasteiger partial charge in [-0.05, 0) is 30.5 Å². The van der Waals surface area contributed by atoms with Crippen LogP contribution in [0.4, 0.5) is 4.79 Å². The number of carbonyl (C=O) groups is 2. The quantitative estimate of drug-likeness (QED) is 0.914. The number of nitrogens with zero attached hydrogens (tertiary/aromatic N) is 2. The average molecular weight is 343 g/mol. The number of nitrogens with one attached hydrogen (secondary N) is 1. The minimum Gasteiger partial charge on any atom is -0.497 e. The molecule has 6 heteroatoms. The van der Waals surface area contributed by atoms with Crippen molar-refractivity contribution in [3.63, 3.8) is 0 Å². The van der Waals surface area contributed by atoms with Gasteiger partial charge in [-0.15, -0.1) is 0 Å². The third kappa shape index (κ3) is 2.86. The molecule has 25 heavy (non-hydrogen) atoms. The summed E-state index contributed by atoms with van der Waals surface area (Å²) in [5, 5.41) is 2.95. The lowest BCUT2D eigenvalue weighted by Crippen LogP contribution is -2.45. The molecule has 0 aromatic heterocycles. The molecule has 0 saturated carbocycles. The Morgan fingerprint density at radius 1 is 1.16 bits per heavy atom. The SMILES string of the molecule is COc1ccc([C@@H]2NC(=O)N(C)C3=C2C(=O)N([C@H](C)C(C)C)C3)cc1. The molecule has 2 aliphatic heterocycles. The summed E-state index contributed by atoms with van der Waals surface area (Å²) < 4.78 is 5.19. The van der Waals surface area contributed by atoms with Crippen LogP contribution in [0.25, 0.3) is 0 Å². The van der Waals surface area contributed by atoms with E-state index in [1.54, 1.807) is 19.1 Å². The summed E-state index contributed by atoms with van der Waals surface area (Å²) in [7, 11) is 3.32. The van der Waals surface area contributed by atoms with Crippen LogP contribution in [0, 0.1) is 5.92 Å². The summed E-state index contributed by atoms with van der Waals surface area (Å²) in [4.78, 5) is 28.9. The predicted octanol–water partition coefficient (Wildman–Crippen LogP) is 2.53. The average Bonchev–Trinajstić information content (AvgIpc) is 2.95. The van der Waals surface area contributed by atoms with Gasteiger partial charge in [0.1, 0.15) is 5.75 Å². The molecule has 1 N–H and O–H groups in total. The summed E-state index contributed by atoms with van der Waals surface area (Å²) in [5.74, 6) is 1.09. The molecule has 2 heterocycles. The summed E-state index contributed by atoms with van der Waals surface area (Å²) in [5.41, 5.74) is 2.34. The Kier molecular flexibility index (Phi) is 4.45. The molecule has 2 aliphatic rings. The van der Waals surface area contributed by atoms with Gasteiger partial charge in [0.15, 0.2) is 0 Å². The third-order valence-electron chi connectivity index (χ3n) is 5.29. The monoisotopic (exact) mass is 343 g/mol. The second kappa shape index (κ2) is 6.43. The fourth-order valence-electron chi connectivity index (χ4n) is 3.32. The lowest BCUT2D eigenvalue weighted by Gasteiger charge is -2.31. The maximum absolute atomic E-state index is 13.1. The third-order valence-corrected chi connectivity index (χ3v) is 5.29. The highest BCUT2D eigenvalue weighted by atomic mass is 16.5. The lowest BCUT2D eigenvalue weighted by atomic mass is 9.95. The van der Waals surface area contributed by atoms with Gasteiger partial charge in [-0.3, -0.25) is 9.69 Å². The molecular weight excluding hydrogens is 318 g/mol. The largest absolute Gasteiger partial charge is 0.497 e. The highest BCUT2D eigenvalue weighted by Gasteiger charge is 2.44. The molecule has 0 bridgehead atoms. The van der Waals surface area contributed by atoms with Crippen molar-refractivity contribution < 1.29 is 14.3 Å². The van der Waals surface area contributed by atoms with Gasteiger partial charge in [-0.2, -0.15) is 0 Å². The Morgan fingerprint density at radius 3 is 2.36 bits per heavy atom. The van der Waals surface area contributed by atoms with E-state index in [9.17, 15) is 9.59 Å². The van der Waals surface area contributed by atoms with Crippen molar-refractivity contribution in [3.05, 3.63) is 41.1 Å². The van der Waals surface area contributed by atoms with E-state index >= 15 is 0 Å². The van der Waals surface area contributed by atoms with Crippen LogP contribution >= 0.6 is 0 Å². The Morgan fingerprint density at radius 2 is 1.80 bits per heavy atom. The first-order valence-electron chi connectivity index (χ1n) is 8.57. The van der Waals surface area contributed by atoms with Crippen LogP contribution in [0.2, 0.25) is 0 Å². The van der Waals surface area contributed by atoms with Crippen LogP contribution < -0.4 is 10.1 Å². The number of amides is 3. The van der Waals surface area contributed by atoms with Crippen LogP contribution in [0.15, 0.2) is 35.5 Å². The molecule has 1 aromatic rings. The van der Waals surface area contributed by atoms with Gasteiger partial charge < -0.3 is 15.0 Å². The van der Waals surface area contributed by atoms with Gasteiger partial charge in [-0.1, -0.05) is 26.0 Å². The molecule has 2 atom stereocenters. The number of rotatable bonds is 4. The van der Waals surface area contributed by atoms with Crippen molar-refractivity contribution in [2.24, 2.45) is 5.92 Å². The van der Waals surface area contributed by atoms with E-state index in [1.807, 2.05) is 29.2 Å². The minimum atomic E-state index is -0.429. The zero-order valence-electron chi connectivity index (χ0n) is 15.4. The van der Waals surface area contributed by atoms with E-state index in [0.717, 1.165) is 17.0 Å². The van der Waals surface area contributed by atoms with Crippen molar-refractivity contribution in [1.29, 1.82) is 0 Å². The maximum Gasteiger partial charge on any atom is 0.322 e. The zero-order chi connectivity index (χ0) is 18.3. The minimum absolute atomic E-state index is 0.00358. The normalized spacial score (nSPS) is 21.6. The predicted molar refractivity (Wildman–Crippen MR) is 95.1 cm³/mol. The molecule has 3 amide bonds. The Balaban J connectivity index is 1.99. The molecule has 0 radical (unpaired) electrons. The van der Waals surface area contributed by atoms with E-state index in [2.05, 4.69) is 26.1 Å². The highest BCUT2D eigenvalue weighted by Crippen LogP contribution is 2.37. The Labute approximate surface area is 148 Å². The van der Waals surface area contributed by atoms with Crippen molar-refractivity contribution in [2.45, 2.75) is 32.9 Å². The van der Waals surface area contributed by atoms with E-state index in [0.29, 0.717) is 18.0 Å². The van der Waals surface area contributed by atoms with Gasteiger partial charge in [0.05, 0.1) is 31.0 Å². The summed E-state index contributed by atoms with van der Waals surface area (Å²) in [6.07, 6.45) is 0. The van der Waals surface area contributed by atoms with E-state index in [-0.39, 0.29) is 18.0 Å². The van der Waals surface area contributed by atoms with Crippen LogP contribution in [0.3, 0.4) is 0 Å². The number of ether oxygens (including phenoxy) is 1. The van der Waals surface area contributed by atoms with E-state index < -0.39 is 6.04 Å².